The zero-order chi connectivity index (χ0) is 27.2. The van der Waals surface area contributed by atoms with E-state index in [4.69, 9.17) is 23.2 Å². The number of hydrogen-bond acceptors (Lipinski definition) is 5. The standard InChI is InChI=1S/C27H26Cl2N4O4S/c1-16-12-20(27(35)33-10-8-32(2)9-11-33)25(30-16)14-19-18-13-17(6-7-24(18)31-26(19)34)38(36,37)15-21-22(28)4-3-5-23(21)29/h3-7,12-14,30H,8-11,15H2,1-2H3,(H,31,34)/b19-14-. The topological polar surface area (TPSA) is 103 Å². The molecule has 2 N–H and O–H groups in total. The zero-order valence-corrected chi connectivity index (χ0v) is 23.2. The first kappa shape index (κ1) is 26.5. The maximum absolute atomic E-state index is 13.3. The molecule has 3 aromatic rings. The number of rotatable bonds is 5. The van der Waals surface area contributed by atoms with E-state index >= 15 is 0 Å². The number of likely N-dealkylation sites (N-methyl/N-ethyl adjacent to an activating group) is 1. The van der Waals surface area contributed by atoms with Crippen molar-refractivity contribution in [3.05, 3.63) is 80.6 Å². The second-order valence-electron chi connectivity index (χ2n) is 9.55. The van der Waals surface area contributed by atoms with Crippen molar-refractivity contribution in [3.8, 4) is 0 Å². The third-order valence-electron chi connectivity index (χ3n) is 6.82. The minimum atomic E-state index is -3.84. The molecule has 1 aromatic heterocycles. The van der Waals surface area contributed by atoms with Gasteiger partial charge < -0.3 is 20.1 Å². The van der Waals surface area contributed by atoms with Crippen molar-refractivity contribution in [1.29, 1.82) is 0 Å². The van der Waals surface area contributed by atoms with E-state index in [-0.39, 0.29) is 38.1 Å². The molecule has 11 heteroatoms. The number of aryl methyl sites for hydroxylation is 1. The summed E-state index contributed by atoms with van der Waals surface area (Å²) < 4.78 is 26.6. The number of carbonyl (C=O) groups excluding carboxylic acids is 2. The number of benzene rings is 2. The zero-order valence-electron chi connectivity index (χ0n) is 20.8. The summed E-state index contributed by atoms with van der Waals surface area (Å²) in [5.74, 6) is -0.876. The Labute approximate surface area is 231 Å². The maximum atomic E-state index is 13.3. The molecule has 2 aliphatic heterocycles. The fourth-order valence-electron chi connectivity index (χ4n) is 4.67. The number of carbonyl (C=O) groups is 2. The monoisotopic (exact) mass is 572 g/mol. The molecule has 8 nitrogen and oxygen atoms in total. The van der Waals surface area contributed by atoms with Crippen LogP contribution in [-0.2, 0) is 20.4 Å². The number of nitrogens with zero attached hydrogens (tertiary/aromatic N) is 2. The molecule has 1 saturated heterocycles. The van der Waals surface area contributed by atoms with Crippen LogP contribution in [0.5, 0.6) is 0 Å². The van der Waals surface area contributed by atoms with Crippen LogP contribution in [0.3, 0.4) is 0 Å². The van der Waals surface area contributed by atoms with Gasteiger partial charge in [0.05, 0.1) is 27.5 Å². The Morgan fingerprint density at radius 3 is 2.42 bits per heavy atom. The minimum Gasteiger partial charge on any atom is -0.358 e. The molecule has 2 amide bonds. The van der Waals surface area contributed by atoms with Crippen molar-refractivity contribution in [2.24, 2.45) is 0 Å². The molecule has 2 aromatic carbocycles. The lowest BCUT2D eigenvalue weighted by Crippen LogP contribution is -2.47. The molecular formula is C27H26Cl2N4O4S. The molecule has 0 spiro atoms. The van der Waals surface area contributed by atoms with Gasteiger partial charge in [0, 0.05) is 58.7 Å². The van der Waals surface area contributed by atoms with E-state index in [9.17, 15) is 18.0 Å². The summed E-state index contributed by atoms with van der Waals surface area (Å²) >= 11 is 12.4. The van der Waals surface area contributed by atoms with Crippen molar-refractivity contribution in [1.82, 2.24) is 14.8 Å². The fourth-order valence-corrected chi connectivity index (χ4v) is 6.79. The van der Waals surface area contributed by atoms with E-state index in [1.807, 2.05) is 14.0 Å². The van der Waals surface area contributed by atoms with Crippen molar-refractivity contribution < 1.29 is 18.0 Å². The van der Waals surface area contributed by atoms with Crippen LogP contribution >= 0.6 is 23.2 Å². The predicted octanol–water partition coefficient (Wildman–Crippen LogP) is 4.48. The largest absolute Gasteiger partial charge is 0.358 e. The number of nitrogens with one attached hydrogen (secondary N) is 2. The van der Waals surface area contributed by atoms with Crippen molar-refractivity contribution in [2.75, 3.05) is 38.5 Å². The average molecular weight is 574 g/mol. The van der Waals surface area contributed by atoms with Crippen LogP contribution in [0.1, 0.15) is 32.9 Å². The van der Waals surface area contributed by atoms with Gasteiger partial charge in [0.15, 0.2) is 9.84 Å². The first-order chi connectivity index (χ1) is 18.0. The van der Waals surface area contributed by atoms with Gasteiger partial charge in [-0.15, -0.1) is 0 Å². The second kappa shape index (κ2) is 10.2. The van der Waals surface area contributed by atoms with Crippen LogP contribution in [0.2, 0.25) is 10.0 Å². The SMILES string of the molecule is Cc1cc(C(=O)N2CCN(C)CC2)c(/C=C2\C(=O)Nc3ccc(S(=O)(=O)Cc4c(Cl)cccc4Cl)cc32)[nH]1. The number of H-pyrrole nitrogens is 1. The summed E-state index contributed by atoms with van der Waals surface area (Å²) in [4.78, 5) is 33.4. The van der Waals surface area contributed by atoms with Gasteiger partial charge in [0.2, 0.25) is 0 Å². The highest BCUT2D eigenvalue weighted by atomic mass is 35.5. The number of aromatic amines is 1. The van der Waals surface area contributed by atoms with Crippen LogP contribution in [0, 0.1) is 6.92 Å². The number of amides is 2. The molecule has 0 aliphatic carbocycles. The van der Waals surface area contributed by atoms with Crippen LogP contribution < -0.4 is 5.32 Å². The van der Waals surface area contributed by atoms with E-state index in [2.05, 4.69) is 15.2 Å². The second-order valence-corrected chi connectivity index (χ2v) is 12.4. The normalized spacial score (nSPS) is 17.1. The summed E-state index contributed by atoms with van der Waals surface area (Å²) in [7, 11) is -1.82. The maximum Gasteiger partial charge on any atom is 0.256 e. The summed E-state index contributed by atoms with van der Waals surface area (Å²) in [5, 5.41) is 3.31. The van der Waals surface area contributed by atoms with Crippen molar-refractivity contribution in [2.45, 2.75) is 17.6 Å². The van der Waals surface area contributed by atoms with E-state index in [1.165, 1.54) is 12.1 Å². The third-order valence-corrected chi connectivity index (χ3v) is 9.17. The van der Waals surface area contributed by atoms with Crippen LogP contribution in [0.4, 0.5) is 5.69 Å². The number of hydrogen-bond donors (Lipinski definition) is 2. The lowest BCUT2D eigenvalue weighted by Gasteiger charge is -2.32. The summed E-state index contributed by atoms with van der Waals surface area (Å²) in [6.45, 7) is 4.66. The molecular weight excluding hydrogens is 547 g/mol. The molecule has 0 unspecified atom stereocenters. The number of piperazine rings is 1. The van der Waals surface area contributed by atoms with Crippen LogP contribution in [-0.4, -0.2) is 68.2 Å². The fraction of sp³-hybridized carbons (Fsp3) is 0.259. The van der Waals surface area contributed by atoms with E-state index in [1.54, 1.807) is 41.3 Å². The molecule has 0 saturated carbocycles. The Balaban J connectivity index is 1.50. The van der Waals surface area contributed by atoms with Gasteiger partial charge in [-0.25, -0.2) is 8.42 Å². The highest BCUT2D eigenvalue weighted by molar-refractivity contribution is 7.90. The van der Waals surface area contributed by atoms with Gasteiger partial charge in [0.25, 0.3) is 11.8 Å². The molecule has 0 bridgehead atoms. The average Bonchev–Trinajstić information content (AvgIpc) is 3.40. The third kappa shape index (κ3) is 5.11. The summed E-state index contributed by atoms with van der Waals surface area (Å²) in [5.41, 5.74) is 3.26. The first-order valence-electron chi connectivity index (χ1n) is 12.0. The predicted molar refractivity (Wildman–Crippen MR) is 149 cm³/mol. The Kier molecular flexibility index (Phi) is 7.13. The number of halogens is 2. The highest BCUT2D eigenvalue weighted by Gasteiger charge is 2.29. The molecule has 1 fully saturated rings. The molecule has 2 aliphatic rings. The first-order valence-corrected chi connectivity index (χ1v) is 14.4. The molecule has 5 rings (SSSR count). The number of anilines is 1. The smallest absolute Gasteiger partial charge is 0.256 e. The van der Waals surface area contributed by atoms with Gasteiger partial charge in [-0.05, 0) is 56.4 Å². The Morgan fingerprint density at radius 2 is 1.74 bits per heavy atom. The van der Waals surface area contributed by atoms with Gasteiger partial charge in [0.1, 0.15) is 0 Å². The van der Waals surface area contributed by atoms with Gasteiger partial charge >= 0.3 is 0 Å². The lowest BCUT2D eigenvalue weighted by atomic mass is 10.0. The highest BCUT2D eigenvalue weighted by Crippen LogP contribution is 2.37. The summed E-state index contributed by atoms with van der Waals surface area (Å²) in [6.07, 6.45) is 1.61. The van der Waals surface area contributed by atoms with Crippen molar-refractivity contribution in [3.63, 3.8) is 0 Å². The van der Waals surface area contributed by atoms with Crippen LogP contribution in [0.25, 0.3) is 11.6 Å². The lowest BCUT2D eigenvalue weighted by molar-refractivity contribution is -0.110. The Bertz CT molecular complexity index is 1570. The quantitative estimate of drug-likeness (QED) is 0.439. The van der Waals surface area contributed by atoms with E-state index < -0.39 is 9.84 Å². The summed E-state index contributed by atoms with van der Waals surface area (Å²) in [6, 6.07) is 11.1. The number of fused-ring (bicyclic) bond motifs is 1. The minimum absolute atomic E-state index is 0.0334. The van der Waals surface area contributed by atoms with Gasteiger partial charge in [-0.1, -0.05) is 29.3 Å². The van der Waals surface area contributed by atoms with E-state index in [0.717, 1.165) is 18.8 Å². The van der Waals surface area contributed by atoms with Crippen LogP contribution in [0.15, 0.2) is 47.4 Å². The molecule has 38 heavy (non-hydrogen) atoms. The van der Waals surface area contributed by atoms with Crippen molar-refractivity contribution >= 4 is 62.2 Å². The molecule has 0 radical (unpaired) electrons. The molecule has 3 heterocycles. The number of sulfone groups is 1. The Morgan fingerprint density at radius 1 is 1.05 bits per heavy atom. The Hall–Kier alpha value is -3.11. The molecule has 198 valence electrons. The number of aromatic nitrogens is 1. The molecule has 0 atom stereocenters. The van der Waals surface area contributed by atoms with Gasteiger partial charge in [-0.2, -0.15) is 0 Å². The van der Waals surface area contributed by atoms with Gasteiger partial charge in [-0.3, -0.25) is 9.59 Å². The van der Waals surface area contributed by atoms with E-state index in [0.29, 0.717) is 41.2 Å².